The third kappa shape index (κ3) is 4.16. The molecular formula is C14H17N5O4. The highest BCUT2D eigenvalue weighted by Gasteiger charge is 2.16. The van der Waals surface area contributed by atoms with Gasteiger partial charge in [-0.05, 0) is 18.9 Å². The Morgan fingerprint density at radius 2 is 2.35 bits per heavy atom. The number of ether oxygens (including phenoxy) is 1. The fraction of sp³-hybridized carbons (Fsp3) is 0.429. The molecule has 1 aliphatic heterocycles. The van der Waals surface area contributed by atoms with Gasteiger partial charge in [0.1, 0.15) is 0 Å². The molecule has 2 aromatic heterocycles. The van der Waals surface area contributed by atoms with Crippen LogP contribution in [0.25, 0.3) is 11.4 Å². The molecule has 0 saturated carbocycles. The summed E-state index contributed by atoms with van der Waals surface area (Å²) >= 11 is 0. The van der Waals surface area contributed by atoms with Crippen LogP contribution < -0.4 is 16.2 Å². The van der Waals surface area contributed by atoms with E-state index < -0.39 is 0 Å². The van der Waals surface area contributed by atoms with Crippen molar-refractivity contribution in [3.8, 4) is 11.4 Å². The number of nitrogens with zero attached hydrogens (tertiary/aromatic N) is 2. The molecule has 2 amide bonds. The van der Waals surface area contributed by atoms with E-state index in [1.807, 2.05) is 0 Å². The monoisotopic (exact) mass is 319 g/mol. The van der Waals surface area contributed by atoms with E-state index in [4.69, 9.17) is 9.26 Å². The Morgan fingerprint density at radius 3 is 3.13 bits per heavy atom. The molecule has 0 aromatic carbocycles. The first-order valence-corrected chi connectivity index (χ1v) is 7.36. The first-order valence-electron chi connectivity index (χ1n) is 7.36. The van der Waals surface area contributed by atoms with Gasteiger partial charge in [-0.1, -0.05) is 5.16 Å². The van der Waals surface area contributed by atoms with E-state index in [1.54, 1.807) is 6.07 Å². The van der Waals surface area contributed by atoms with E-state index >= 15 is 0 Å². The van der Waals surface area contributed by atoms with E-state index in [1.165, 1.54) is 12.3 Å². The topological polar surface area (TPSA) is 122 Å². The molecular weight excluding hydrogens is 302 g/mol. The van der Waals surface area contributed by atoms with E-state index in [-0.39, 0.29) is 30.1 Å². The SMILES string of the molecule is O=C(NCc1nc(-c2cc[nH]c(=O)c2)no1)NC[C@@H]1CCCO1. The Bertz CT molecular complexity index is 720. The van der Waals surface area contributed by atoms with E-state index in [0.29, 0.717) is 17.9 Å². The molecule has 0 unspecified atom stereocenters. The maximum Gasteiger partial charge on any atom is 0.315 e. The minimum Gasteiger partial charge on any atom is -0.376 e. The molecule has 3 N–H and O–H groups in total. The van der Waals surface area contributed by atoms with E-state index in [9.17, 15) is 9.59 Å². The lowest BCUT2D eigenvalue weighted by molar-refractivity contribution is 0.111. The molecule has 3 rings (SSSR count). The molecule has 0 aliphatic carbocycles. The first-order chi connectivity index (χ1) is 11.2. The largest absolute Gasteiger partial charge is 0.376 e. The first kappa shape index (κ1) is 15.2. The Kier molecular flexibility index (Phi) is 4.67. The lowest BCUT2D eigenvalue weighted by Gasteiger charge is -2.10. The van der Waals surface area contributed by atoms with Crippen LogP contribution in [0.15, 0.2) is 27.6 Å². The predicted octanol–water partition coefficient (Wildman–Crippen LogP) is 0.403. The zero-order valence-corrected chi connectivity index (χ0v) is 12.4. The van der Waals surface area contributed by atoms with Crippen LogP contribution in [0.4, 0.5) is 4.79 Å². The lowest BCUT2D eigenvalue weighted by atomic mass is 10.2. The van der Waals surface area contributed by atoms with E-state index in [0.717, 1.165) is 19.4 Å². The van der Waals surface area contributed by atoms with Crippen LogP contribution in [0, 0.1) is 0 Å². The quantitative estimate of drug-likeness (QED) is 0.733. The summed E-state index contributed by atoms with van der Waals surface area (Å²) in [6, 6.07) is 2.71. The smallest absolute Gasteiger partial charge is 0.315 e. The third-order valence-electron chi connectivity index (χ3n) is 3.42. The standard InChI is InChI=1S/C14H17N5O4/c20-11-6-9(3-4-15-11)13-18-12(23-19-13)8-17-14(21)16-7-10-2-1-5-22-10/h3-4,6,10H,1-2,5,7-8H2,(H,15,20)(H2,16,17,21)/t10-/m0/s1. The zero-order chi connectivity index (χ0) is 16.1. The number of nitrogens with one attached hydrogen (secondary N) is 3. The summed E-state index contributed by atoms with van der Waals surface area (Å²) in [4.78, 5) is 29.6. The minimum absolute atomic E-state index is 0.0897. The maximum atomic E-state index is 11.7. The summed E-state index contributed by atoms with van der Waals surface area (Å²) in [5.41, 5.74) is 0.298. The number of amides is 2. The summed E-state index contributed by atoms with van der Waals surface area (Å²) in [5, 5.41) is 9.14. The van der Waals surface area contributed by atoms with Crippen LogP contribution in [0.1, 0.15) is 18.7 Å². The summed E-state index contributed by atoms with van der Waals surface area (Å²) in [5.74, 6) is 0.556. The van der Waals surface area contributed by atoms with Gasteiger partial charge >= 0.3 is 6.03 Å². The van der Waals surface area contributed by atoms with Crippen LogP contribution in [-0.4, -0.2) is 40.4 Å². The molecule has 2 aromatic rings. The number of aromatic amines is 1. The molecule has 1 aliphatic rings. The predicted molar refractivity (Wildman–Crippen MR) is 79.6 cm³/mol. The minimum atomic E-state index is -0.323. The highest BCUT2D eigenvalue weighted by atomic mass is 16.5. The molecule has 23 heavy (non-hydrogen) atoms. The normalized spacial score (nSPS) is 17.1. The van der Waals surface area contributed by atoms with Gasteiger partial charge in [0.2, 0.25) is 17.3 Å². The molecule has 0 bridgehead atoms. The van der Waals surface area contributed by atoms with Gasteiger partial charge in [-0.2, -0.15) is 4.98 Å². The van der Waals surface area contributed by atoms with Crippen molar-refractivity contribution in [3.05, 3.63) is 34.6 Å². The molecule has 1 atom stereocenters. The second-order valence-electron chi connectivity index (χ2n) is 5.15. The van der Waals surface area contributed by atoms with Gasteiger partial charge in [0.05, 0.1) is 12.6 Å². The third-order valence-corrected chi connectivity index (χ3v) is 3.42. The van der Waals surface area contributed by atoms with Crippen molar-refractivity contribution in [3.63, 3.8) is 0 Å². The number of hydrogen-bond donors (Lipinski definition) is 3. The molecule has 122 valence electrons. The molecule has 3 heterocycles. The fourth-order valence-corrected chi connectivity index (χ4v) is 2.26. The van der Waals surface area contributed by atoms with Gasteiger partial charge in [0, 0.05) is 31.0 Å². The Balaban J connectivity index is 1.49. The maximum absolute atomic E-state index is 11.7. The van der Waals surface area contributed by atoms with Crippen LogP contribution >= 0.6 is 0 Å². The van der Waals surface area contributed by atoms with Crippen LogP contribution in [-0.2, 0) is 11.3 Å². The highest BCUT2D eigenvalue weighted by Crippen LogP contribution is 2.12. The average Bonchev–Trinajstić information content (AvgIpc) is 3.22. The van der Waals surface area contributed by atoms with Crippen molar-refractivity contribution in [1.82, 2.24) is 25.8 Å². The van der Waals surface area contributed by atoms with Gasteiger partial charge in [0.15, 0.2) is 0 Å². The van der Waals surface area contributed by atoms with Crippen LogP contribution in [0.5, 0.6) is 0 Å². The lowest BCUT2D eigenvalue weighted by Crippen LogP contribution is -2.39. The number of pyridine rings is 1. The van der Waals surface area contributed by atoms with Crippen molar-refractivity contribution < 1.29 is 14.1 Å². The molecule has 1 fully saturated rings. The van der Waals surface area contributed by atoms with Gasteiger partial charge in [-0.25, -0.2) is 4.79 Å². The molecule has 0 radical (unpaired) electrons. The number of urea groups is 1. The van der Waals surface area contributed by atoms with Crippen LogP contribution in [0.2, 0.25) is 0 Å². The van der Waals surface area contributed by atoms with Crippen molar-refractivity contribution in [2.45, 2.75) is 25.5 Å². The van der Waals surface area contributed by atoms with Gasteiger partial charge in [0.25, 0.3) is 0 Å². The fourth-order valence-electron chi connectivity index (χ4n) is 2.26. The molecule has 9 heteroatoms. The summed E-state index contributed by atoms with van der Waals surface area (Å²) in [7, 11) is 0. The summed E-state index contributed by atoms with van der Waals surface area (Å²) in [6.45, 7) is 1.34. The van der Waals surface area contributed by atoms with E-state index in [2.05, 4.69) is 25.8 Å². The van der Waals surface area contributed by atoms with Crippen LogP contribution in [0.3, 0.4) is 0 Å². The number of aromatic nitrogens is 3. The van der Waals surface area contributed by atoms with Gasteiger partial charge in [-0.15, -0.1) is 0 Å². The number of carbonyl (C=O) groups excluding carboxylic acids is 1. The second kappa shape index (κ2) is 7.05. The van der Waals surface area contributed by atoms with Gasteiger partial charge < -0.3 is 24.9 Å². The zero-order valence-electron chi connectivity index (χ0n) is 12.4. The Morgan fingerprint density at radius 1 is 1.43 bits per heavy atom. The number of hydrogen-bond acceptors (Lipinski definition) is 6. The Hall–Kier alpha value is -2.68. The summed E-state index contributed by atoms with van der Waals surface area (Å²) < 4.78 is 10.5. The van der Waals surface area contributed by atoms with Crippen molar-refractivity contribution in [2.24, 2.45) is 0 Å². The number of carbonyl (C=O) groups is 1. The Labute approximate surface area is 131 Å². The molecule has 0 spiro atoms. The second-order valence-corrected chi connectivity index (χ2v) is 5.15. The molecule has 9 nitrogen and oxygen atoms in total. The van der Waals surface area contributed by atoms with Gasteiger partial charge in [-0.3, -0.25) is 4.79 Å². The van der Waals surface area contributed by atoms with Crippen molar-refractivity contribution >= 4 is 6.03 Å². The number of rotatable bonds is 5. The highest BCUT2D eigenvalue weighted by molar-refractivity contribution is 5.73. The average molecular weight is 319 g/mol. The van der Waals surface area contributed by atoms with Crippen molar-refractivity contribution in [2.75, 3.05) is 13.2 Å². The molecule has 1 saturated heterocycles. The summed E-state index contributed by atoms with van der Waals surface area (Å²) in [6.07, 6.45) is 3.58. The number of H-pyrrole nitrogens is 1. The van der Waals surface area contributed by atoms with Crippen molar-refractivity contribution in [1.29, 1.82) is 0 Å².